The molecule has 0 radical (unpaired) electrons. The largest absolute Gasteiger partial charge is 0.379 e. The molecule has 17 heavy (non-hydrogen) atoms. The van der Waals surface area contributed by atoms with Crippen molar-refractivity contribution in [2.45, 2.75) is 44.2 Å². The van der Waals surface area contributed by atoms with Gasteiger partial charge in [0.2, 0.25) is 0 Å². The van der Waals surface area contributed by atoms with E-state index in [0.717, 1.165) is 45.7 Å². The Morgan fingerprint density at radius 1 is 1.06 bits per heavy atom. The van der Waals surface area contributed by atoms with Gasteiger partial charge in [0, 0.05) is 6.61 Å². The lowest BCUT2D eigenvalue weighted by Crippen LogP contribution is -2.15. The van der Waals surface area contributed by atoms with E-state index in [1.54, 1.807) is 0 Å². The molecule has 2 saturated heterocycles. The Labute approximate surface area is 102 Å². The van der Waals surface area contributed by atoms with Crippen molar-refractivity contribution in [1.29, 1.82) is 0 Å². The van der Waals surface area contributed by atoms with E-state index in [0.29, 0.717) is 19.1 Å². The fourth-order valence-corrected chi connectivity index (χ4v) is 1.54. The zero-order valence-electron chi connectivity index (χ0n) is 10.2. The Morgan fingerprint density at radius 2 is 1.76 bits per heavy atom. The Balaban J connectivity index is 1.29. The molecule has 0 spiro atoms. The third kappa shape index (κ3) is 6.95. The smallest absolute Gasteiger partial charge is 0.154 e. The first kappa shape index (κ1) is 13.2. The number of unbranched alkanes of at least 4 members (excludes halogenated alkanes) is 2. The zero-order chi connectivity index (χ0) is 11.9. The monoisotopic (exact) mass is 246 g/mol. The summed E-state index contributed by atoms with van der Waals surface area (Å²) in [6, 6.07) is 0. The van der Waals surface area contributed by atoms with Crippen molar-refractivity contribution in [2.75, 3.05) is 33.0 Å². The van der Waals surface area contributed by atoms with Gasteiger partial charge in [0.25, 0.3) is 0 Å². The molecule has 0 aromatic heterocycles. The van der Waals surface area contributed by atoms with Crippen LogP contribution in [0, 0.1) is 0 Å². The molecule has 1 N–H and O–H groups in total. The molecule has 2 rings (SSSR count). The average Bonchev–Trinajstić information content (AvgIpc) is 3.18. The summed E-state index contributed by atoms with van der Waals surface area (Å²) >= 11 is 0. The van der Waals surface area contributed by atoms with Crippen molar-refractivity contribution >= 4 is 0 Å². The summed E-state index contributed by atoms with van der Waals surface area (Å²) in [5, 5.41) is 9.48. The van der Waals surface area contributed by atoms with Crippen LogP contribution in [0.1, 0.15) is 25.7 Å². The molecule has 0 amide bonds. The number of hydrogen-bond donors (Lipinski definition) is 1. The second-order valence-electron chi connectivity index (χ2n) is 4.62. The predicted octanol–water partition coefficient (Wildman–Crippen LogP) is 0.696. The average molecular weight is 246 g/mol. The van der Waals surface area contributed by atoms with Gasteiger partial charge in [-0.3, -0.25) is 0 Å². The van der Waals surface area contributed by atoms with Gasteiger partial charge in [-0.15, -0.1) is 0 Å². The molecule has 100 valence electrons. The van der Waals surface area contributed by atoms with Gasteiger partial charge >= 0.3 is 0 Å². The van der Waals surface area contributed by atoms with Crippen LogP contribution in [0.25, 0.3) is 0 Å². The van der Waals surface area contributed by atoms with Crippen LogP contribution in [0.15, 0.2) is 0 Å². The van der Waals surface area contributed by atoms with E-state index in [2.05, 4.69) is 0 Å². The van der Waals surface area contributed by atoms with Crippen molar-refractivity contribution in [3.8, 4) is 0 Å². The van der Waals surface area contributed by atoms with Crippen molar-refractivity contribution in [3.05, 3.63) is 0 Å². The Bertz CT molecular complexity index is 203. The van der Waals surface area contributed by atoms with Crippen LogP contribution in [0.3, 0.4) is 0 Å². The van der Waals surface area contributed by atoms with Crippen molar-refractivity contribution in [2.24, 2.45) is 0 Å². The van der Waals surface area contributed by atoms with Crippen LogP contribution < -0.4 is 0 Å². The summed E-state index contributed by atoms with van der Waals surface area (Å²) in [5.74, 6) is 0. The van der Waals surface area contributed by atoms with Gasteiger partial charge in [0.15, 0.2) is 6.29 Å². The van der Waals surface area contributed by atoms with Crippen LogP contribution in [-0.2, 0) is 18.9 Å². The number of ether oxygens (including phenoxy) is 4. The fourth-order valence-electron chi connectivity index (χ4n) is 1.54. The molecule has 5 nitrogen and oxygen atoms in total. The van der Waals surface area contributed by atoms with Gasteiger partial charge in [-0.2, -0.15) is 0 Å². The van der Waals surface area contributed by atoms with Crippen molar-refractivity contribution in [3.63, 3.8) is 0 Å². The molecule has 2 heterocycles. The predicted molar refractivity (Wildman–Crippen MR) is 60.7 cm³/mol. The fraction of sp³-hybridized carbons (Fsp3) is 1.00. The van der Waals surface area contributed by atoms with Gasteiger partial charge < -0.3 is 24.1 Å². The van der Waals surface area contributed by atoms with Crippen LogP contribution in [0.4, 0.5) is 0 Å². The standard InChI is InChI=1S/C12H22O5/c13-12(17-9-11-8-16-11)4-2-1-3-5-14-6-10-7-15-10/h10-13H,1-9H2. The molecule has 2 aliphatic heterocycles. The summed E-state index contributed by atoms with van der Waals surface area (Å²) in [4.78, 5) is 0. The van der Waals surface area contributed by atoms with Crippen LogP contribution in [-0.4, -0.2) is 56.6 Å². The first-order valence-electron chi connectivity index (χ1n) is 6.45. The van der Waals surface area contributed by atoms with E-state index in [1.807, 2.05) is 0 Å². The summed E-state index contributed by atoms with van der Waals surface area (Å²) in [6.45, 7) is 3.66. The molecule has 0 aliphatic carbocycles. The third-order valence-corrected chi connectivity index (χ3v) is 2.82. The van der Waals surface area contributed by atoms with Crippen LogP contribution in [0.5, 0.6) is 0 Å². The van der Waals surface area contributed by atoms with Gasteiger partial charge in [0.05, 0.1) is 26.4 Å². The first-order chi connectivity index (χ1) is 8.34. The van der Waals surface area contributed by atoms with Gasteiger partial charge in [0.1, 0.15) is 12.2 Å². The minimum atomic E-state index is -0.639. The minimum Gasteiger partial charge on any atom is -0.379 e. The maximum atomic E-state index is 9.48. The quantitative estimate of drug-likeness (QED) is 0.330. The highest BCUT2D eigenvalue weighted by atomic mass is 16.6. The number of rotatable bonds is 11. The molecule has 0 saturated carbocycles. The van der Waals surface area contributed by atoms with E-state index < -0.39 is 6.29 Å². The molecule has 0 bridgehead atoms. The number of aliphatic hydroxyl groups excluding tert-OH is 1. The molecule has 3 atom stereocenters. The molecule has 5 heteroatoms. The lowest BCUT2D eigenvalue weighted by atomic mass is 10.2. The first-order valence-corrected chi connectivity index (χ1v) is 6.45. The molecule has 2 aliphatic rings. The Kier molecular flexibility index (Phi) is 5.67. The second-order valence-corrected chi connectivity index (χ2v) is 4.62. The number of hydrogen-bond acceptors (Lipinski definition) is 5. The second kappa shape index (κ2) is 7.28. The molecular weight excluding hydrogens is 224 g/mol. The lowest BCUT2D eigenvalue weighted by Gasteiger charge is -2.10. The van der Waals surface area contributed by atoms with Crippen molar-refractivity contribution in [1.82, 2.24) is 0 Å². The lowest BCUT2D eigenvalue weighted by molar-refractivity contribution is -0.107. The van der Waals surface area contributed by atoms with E-state index >= 15 is 0 Å². The van der Waals surface area contributed by atoms with Crippen LogP contribution >= 0.6 is 0 Å². The van der Waals surface area contributed by atoms with E-state index in [9.17, 15) is 5.11 Å². The topological polar surface area (TPSA) is 63.8 Å². The normalized spacial score (nSPS) is 28.1. The number of aliphatic hydroxyl groups is 1. The summed E-state index contributed by atoms with van der Waals surface area (Å²) in [6.07, 6.45) is 3.70. The van der Waals surface area contributed by atoms with Crippen LogP contribution in [0.2, 0.25) is 0 Å². The molecule has 3 unspecified atom stereocenters. The maximum absolute atomic E-state index is 9.48. The van der Waals surface area contributed by atoms with E-state index in [4.69, 9.17) is 18.9 Å². The van der Waals surface area contributed by atoms with E-state index in [1.165, 1.54) is 0 Å². The van der Waals surface area contributed by atoms with Crippen molar-refractivity contribution < 1.29 is 24.1 Å². The number of epoxide rings is 2. The Hall–Kier alpha value is -0.200. The molecule has 0 aromatic carbocycles. The van der Waals surface area contributed by atoms with Gasteiger partial charge in [-0.25, -0.2) is 0 Å². The zero-order valence-corrected chi connectivity index (χ0v) is 10.2. The van der Waals surface area contributed by atoms with Gasteiger partial charge in [-0.05, 0) is 19.3 Å². The highest BCUT2D eigenvalue weighted by molar-refractivity contribution is 4.68. The maximum Gasteiger partial charge on any atom is 0.154 e. The highest BCUT2D eigenvalue weighted by Crippen LogP contribution is 2.12. The summed E-state index contributed by atoms with van der Waals surface area (Å²) in [7, 11) is 0. The third-order valence-electron chi connectivity index (χ3n) is 2.82. The summed E-state index contributed by atoms with van der Waals surface area (Å²) < 4.78 is 20.7. The highest BCUT2D eigenvalue weighted by Gasteiger charge is 2.23. The van der Waals surface area contributed by atoms with E-state index in [-0.39, 0.29) is 6.10 Å². The SMILES string of the molecule is OC(CCCCCOCC1CO1)OCC1CO1. The molecular formula is C12H22O5. The Morgan fingerprint density at radius 3 is 2.47 bits per heavy atom. The summed E-state index contributed by atoms with van der Waals surface area (Å²) in [5.41, 5.74) is 0. The molecule has 2 fully saturated rings. The minimum absolute atomic E-state index is 0.225. The van der Waals surface area contributed by atoms with Gasteiger partial charge in [-0.1, -0.05) is 6.42 Å². The molecule has 0 aromatic rings.